The molecule has 1 aliphatic heterocycles. The van der Waals surface area contributed by atoms with Gasteiger partial charge in [0, 0.05) is 45.6 Å². The van der Waals surface area contributed by atoms with Gasteiger partial charge in [0.1, 0.15) is 0 Å². The fourth-order valence-corrected chi connectivity index (χ4v) is 4.06. The van der Waals surface area contributed by atoms with Crippen molar-refractivity contribution in [2.24, 2.45) is 17.8 Å². The van der Waals surface area contributed by atoms with Gasteiger partial charge in [-0.25, -0.2) is 0 Å². The predicted octanol–water partition coefficient (Wildman–Crippen LogP) is 4.17. The van der Waals surface area contributed by atoms with Gasteiger partial charge in [0.25, 0.3) is 0 Å². The maximum Gasteiger partial charge on any atom is 0.219 e. The average Bonchev–Trinajstić information content (AvgIpc) is 2.88. The van der Waals surface area contributed by atoms with Gasteiger partial charge in [-0.2, -0.15) is 0 Å². The van der Waals surface area contributed by atoms with E-state index in [4.69, 9.17) is 0 Å². The zero-order chi connectivity index (χ0) is 18.6. The first-order valence-electron chi connectivity index (χ1n) is 9.80. The van der Waals surface area contributed by atoms with E-state index in [0.29, 0.717) is 23.7 Å². The molecule has 1 aromatic rings. The third-order valence-corrected chi connectivity index (χ3v) is 5.13. The molecule has 0 bridgehead atoms. The largest absolute Gasteiger partial charge is 0.342 e. The van der Waals surface area contributed by atoms with Crippen LogP contribution < -0.4 is 0 Å². The van der Waals surface area contributed by atoms with Crippen molar-refractivity contribution in [1.82, 2.24) is 9.80 Å². The van der Waals surface area contributed by atoms with E-state index in [2.05, 4.69) is 68.7 Å². The number of rotatable bonds is 7. The fourth-order valence-electron chi connectivity index (χ4n) is 4.06. The maximum absolute atomic E-state index is 12.1. The van der Waals surface area contributed by atoms with Gasteiger partial charge in [-0.05, 0) is 30.2 Å². The summed E-state index contributed by atoms with van der Waals surface area (Å²) in [6, 6.07) is 9.00. The van der Waals surface area contributed by atoms with E-state index < -0.39 is 0 Å². The Hall–Kier alpha value is -1.35. The summed E-state index contributed by atoms with van der Waals surface area (Å²) < 4.78 is 0. The second-order valence-electron chi connectivity index (χ2n) is 8.71. The van der Waals surface area contributed by atoms with Gasteiger partial charge in [-0.15, -0.1) is 0 Å². The normalized spacial score (nSPS) is 21.3. The molecule has 0 aliphatic carbocycles. The minimum absolute atomic E-state index is 0.207. The Morgan fingerprint density at radius 2 is 1.76 bits per heavy atom. The van der Waals surface area contributed by atoms with Crippen LogP contribution in [0.2, 0.25) is 0 Å². The molecule has 1 heterocycles. The van der Waals surface area contributed by atoms with Gasteiger partial charge < -0.3 is 9.80 Å². The summed E-state index contributed by atoms with van der Waals surface area (Å²) >= 11 is 0. The van der Waals surface area contributed by atoms with E-state index in [1.54, 1.807) is 6.92 Å². The highest BCUT2D eigenvalue weighted by Gasteiger charge is 2.35. The van der Waals surface area contributed by atoms with Crippen molar-refractivity contribution in [3.8, 4) is 0 Å². The van der Waals surface area contributed by atoms with E-state index in [1.807, 2.05) is 0 Å². The highest BCUT2D eigenvalue weighted by atomic mass is 16.2. The summed E-state index contributed by atoms with van der Waals surface area (Å²) in [6.45, 7) is 17.9. The van der Waals surface area contributed by atoms with Crippen LogP contribution in [-0.4, -0.2) is 48.4 Å². The first kappa shape index (κ1) is 20.0. The molecule has 0 radical (unpaired) electrons. The number of nitrogens with zero attached hydrogens (tertiary/aromatic N) is 2. The van der Waals surface area contributed by atoms with Crippen LogP contribution in [0.5, 0.6) is 0 Å². The summed E-state index contributed by atoms with van der Waals surface area (Å²) in [5.74, 6) is 2.43. The van der Waals surface area contributed by atoms with Crippen LogP contribution in [0.4, 0.5) is 0 Å². The van der Waals surface area contributed by atoms with Crippen molar-refractivity contribution >= 4 is 5.91 Å². The molecule has 0 saturated carbocycles. The van der Waals surface area contributed by atoms with E-state index in [1.165, 1.54) is 11.1 Å². The Morgan fingerprint density at radius 3 is 2.28 bits per heavy atom. The molecule has 3 heteroatoms. The molecule has 1 amide bonds. The molecule has 3 nitrogen and oxygen atoms in total. The highest BCUT2D eigenvalue weighted by molar-refractivity contribution is 5.73. The molecule has 0 spiro atoms. The molecule has 1 saturated heterocycles. The van der Waals surface area contributed by atoms with Crippen molar-refractivity contribution < 1.29 is 4.79 Å². The highest BCUT2D eigenvalue weighted by Crippen LogP contribution is 2.34. The lowest BCUT2D eigenvalue weighted by atomic mass is 9.88. The van der Waals surface area contributed by atoms with Crippen molar-refractivity contribution in [2.45, 2.75) is 47.5 Å². The zero-order valence-corrected chi connectivity index (χ0v) is 17.0. The topological polar surface area (TPSA) is 23.6 Å². The van der Waals surface area contributed by atoms with Crippen LogP contribution >= 0.6 is 0 Å². The number of amides is 1. The number of carbonyl (C=O) groups is 1. The van der Waals surface area contributed by atoms with Crippen LogP contribution in [0.1, 0.15) is 51.7 Å². The van der Waals surface area contributed by atoms with Gasteiger partial charge in [0.15, 0.2) is 0 Å². The summed E-state index contributed by atoms with van der Waals surface area (Å²) in [6.07, 6.45) is 0. The van der Waals surface area contributed by atoms with Gasteiger partial charge in [0.2, 0.25) is 5.91 Å². The number of hydrogen-bond donors (Lipinski definition) is 0. The maximum atomic E-state index is 12.1. The van der Waals surface area contributed by atoms with E-state index in [9.17, 15) is 4.79 Å². The molecule has 1 aliphatic rings. The molecule has 1 aromatic carbocycles. The zero-order valence-electron chi connectivity index (χ0n) is 17.0. The molecule has 140 valence electrons. The molecule has 2 rings (SSSR count). The third-order valence-electron chi connectivity index (χ3n) is 5.13. The predicted molar refractivity (Wildman–Crippen MR) is 106 cm³/mol. The van der Waals surface area contributed by atoms with Crippen molar-refractivity contribution in [2.75, 3.05) is 32.7 Å². The van der Waals surface area contributed by atoms with Crippen molar-refractivity contribution in [1.29, 1.82) is 0 Å². The Labute approximate surface area is 154 Å². The smallest absolute Gasteiger partial charge is 0.219 e. The number of carbonyl (C=O) groups excluding carboxylic acids is 1. The quantitative estimate of drug-likeness (QED) is 0.741. The molecule has 0 aromatic heterocycles. The van der Waals surface area contributed by atoms with E-state index in [-0.39, 0.29) is 5.91 Å². The summed E-state index contributed by atoms with van der Waals surface area (Å²) in [4.78, 5) is 16.8. The molecule has 0 N–H and O–H groups in total. The molecular formula is C22H36N2O. The van der Waals surface area contributed by atoms with Gasteiger partial charge in [-0.1, -0.05) is 57.5 Å². The summed E-state index contributed by atoms with van der Waals surface area (Å²) in [7, 11) is 0. The first-order valence-corrected chi connectivity index (χ1v) is 9.80. The Balaban J connectivity index is 2.17. The number of likely N-dealkylation sites (tertiary alicyclic amines) is 1. The Kier molecular flexibility index (Phi) is 7.06. The minimum atomic E-state index is 0.207. The van der Waals surface area contributed by atoms with Gasteiger partial charge in [0.05, 0.1) is 0 Å². The van der Waals surface area contributed by atoms with Crippen LogP contribution in [-0.2, 0) is 4.79 Å². The van der Waals surface area contributed by atoms with Gasteiger partial charge >= 0.3 is 0 Å². The van der Waals surface area contributed by atoms with Crippen LogP contribution in [0.15, 0.2) is 24.3 Å². The average molecular weight is 345 g/mol. The van der Waals surface area contributed by atoms with Crippen LogP contribution in [0.25, 0.3) is 0 Å². The van der Waals surface area contributed by atoms with E-state index in [0.717, 1.165) is 32.7 Å². The molecular weight excluding hydrogens is 308 g/mol. The molecule has 2 atom stereocenters. The van der Waals surface area contributed by atoms with Gasteiger partial charge in [-0.3, -0.25) is 4.79 Å². The molecule has 25 heavy (non-hydrogen) atoms. The van der Waals surface area contributed by atoms with Crippen molar-refractivity contribution in [3.05, 3.63) is 35.4 Å². The number of hydrogen-bond acceptors (Lipinski definition) is 2. The lowest BCUT2D eigenvalue weighted by Crippen LogP contribution is -2.38. The summed E-state index contributed by atoms with van der Waals surface area (Å²) in [5, 5.41) is 0. The second-order valence-corrected chi connectivity index (χ2v) is 8.71. The third kappa shape index (κ3) is 5.85. The Morgan fingerprint density at radius 1 is 1.12 bits per heavy atom. The summed E-state index contributed by atoms with van der Waals surface area (Å²) in [5.41, 5.74) is 2.73. The lowest BCUT2D eigenvalue weighted by Gasteiger charge is -2.29. The van der Waals surface area contributed by atoms with Crippen LogP contribution in [0.3, 0.4) is 0 Å². The van der Waals surface area contributed by atoms with E-state index >= 15 is 0 Å². The van der Waals surface area contributed by atoms with Crippen molar-refractivity contribution in [3.63, 3.8) is 0 Å². The monoisotopic (exact) mass is 344 g/mol. The molecule has 1 fully saturated rings. The van der Waals surface area contributed by atoms with Crippen LogP contribution in [0, 0.1) is 24.7 Å². The molecule has 2 unspecified atom stereocenters. The minimum Gasteiger partial charge on any atom is -0.342 e. The lowest BCUT2D eigenvalue weighted by molar-refractivity contribution is -0.130. The number of benzene rings is 1. The fraction of sp³-hybridized carbons (Fsp3) is 0.682. The Bertz CT molecular complexity index is 550. The number of aryl methyl sites for hydroxylation is 1. The first-order chi connectivity index (χ1) is 11.8. The SMILES string of the molecule is CC(=O)N(CC(C)C)CC1CN(CC(C)C)CC1c1ccc(C)cc1. The standard InChI is InChI=1S/C22H36N2O/c1-16(2)11-23-13-21(14-24(19(6)25)12-17(3)4)22(15-23)20-9-7-18(5)8-10-20/h7-10,16-17,21-22H,11-15H2,1-6H3. The second kappa shape index (κ2) is 8.84.